The van der Waals surface area contributed by atoms with Gasteiger partial charge in [-0.1, -0.05) is 30.3 Å². The van der Waals surface area contributed by atoms with Crippen LogP contribution in [0.5, 0.6) is 0 Å². The van der Waals surface area contributed by atoms with Crippen molar-refractivity contribution in [3.8, 4) is 11.3 Å². The van der Waals surface area contributed by atoms with Crippen LogP contribution in [0.4, 0.5) is 0 Å². The van der Waals surface area contributed by atoms with Gasteiger partial charge in [-0.3, -0.25) is 14.7 Å². The molecule has 2 aromatic heterocycles. The van der Waals surface area contributed by atoms with E-state index >= 15 is 0 Å². The Bertz CT molecular complexity index is 950. The number of piperidine rings is 1. The molecule has 0 radical (unpaired) electrons. The standard InChI is InChI=1S/C22H24N4O/c1-16-24-21(13-22(27)25-16)19-5-4-12-26(15-19)14-17-7-9-18(10-8-17)20-6-2-3-11-23-20/h2-3,6-11,13,19H,4-5,12,14-15H2,1H3,(H,24,25,27)/t19-/m1/s1. The molecule has 3 aromatic rings. The lowest BCUT2D eigenvalue weighted by molar-refractivity contribution is 0.198. The molecule has 0 bridgehead atoms. The summed E-state index contributed by atoms with van der Waals surface area (Å²) in [5.74, 6) is 1.02. The van der Waals surface area contributed by atoms with E-state index in [1.54, 1.807) is 6.07 Å². The van der Waals surface area contributed by atoms with E-state index in [1.165, 1.54) is 5.56 Å². The summed E-state index contributed by atoms with van der Waals surface area (Å²) in [6.45, 7) is 4.79. The number of hydrogen-bond donors (Lipinski definition) is 1. The molecule has 138 valence electrons. The Labute approximate surface area is 159 Å². The molecule has 1 aliphatic heterocycles. The first kappa shape index (κ1) is 17.6. The van der Waals surface area contributed by atoms with E-state index in [9.17, 15) is 4.79 Å². The maximum Gasteiger partial charge on any atom is 0.251 e. The summed E-state index contributed by atoms with van der Waals surface area (Å²) in [6.07, 6.45) is 4.04. The smallest absolute Gasteiger partial charge is 0.251 e. The van der Waals surface area contributed by atoms with E-state index in [1.807, 2.05) is 31.3 Å². The fourth-order valence-corrected chi connectivity index (χ4v) is 3.82. The van der Waals surface area contributed by atoms with Crippen molar-refractivity contribution in [2.75, 3.05) is 13.1 Å². The van der Waals surface area contributed by atoms with Crippen molar-refractivity contribution in [1.82, 2.24) is 19.9 Å². The maximum absolute atomic E-state index is 11.8. The monoisotopic (exact) mass is 360 g/mol. The molecule has 0 spiro atoms. The van der Waals surface area contributed by atoms with Gasteiger partial charge in [-0.05, 0) is 44.0 Å². The molecule has 1 aromatic carbocycles. The minimum Gasteiger partial charge on any atom is -0.311 e. The van der Waals surface area contributed by atoms with Crippen LogP contribution in [0.15, 0.2) is 59.5 Å². The van der Waals surface area contributed by atoms with Crippen molar-refractivity contribution in [1.29, 1.82) is 0 Å². The highest BCUT2D eigenvalue weighted by molar-refractivity contribution is 5.58. The molecule has 1 aliphatic rings. The molecule has 0 saturated carbocycles. The summed E-state index contributed by atoms with van der Waals surface area (Å²) in [7, 11) is 0. The number of nitrogens with zero attached hydrogens (tertiary/aromatic N) is 3. The van der Waals surface area contributed by atoms with Gasteiger partial charge in [-0.25, -0.2) is 4.98 Å². The number of pyridine rings is 1. The van der Waals surface area contributed by atoms with Crippen molar-refractivity contribution < 1.29 is 0 Å². The van der Waals surface area contributed by atoms with Gasteiger partial charge >= 0.3 is 0 Å². The van der Waals surface area contributed by atoms with Gasteiger partial charge in [0.1, 0.15) is 5.82 Å². The topological polar surface area (TPSA) is 61.9 Å². The SMILES string of the molecule is Cc1nc([C@@H]2CCCN(Cc3ccc(-c4ccccn4)cc3)C2)cc(=O)[nH]1. The van der Waals surface area contributed by atoms with E-state index in [2.05, 4.69) is 44.1 Å². The highest BCUT2D eigenvalue weighted by atomic mass is 16.1. The zero-order chi connectivity index (χ0) is 18.6. The molecule has 3 heterocycles. The minimum atomic E-state index is -0.0558. The summed E-state index contributed by atoms with van der Waals surface area (Å²) < 4.78 is 0. The molecule has 27 heavy (non-hydrogen) atoms. The molecular weight excluding hydrogens is 336 g/mol. The first-order chi connectivity index (χ1) is 13.2. The summed E-state index contributed by atoms with van der Waals surface area (Å²) >= 11 is 0. The van der Waals surface area contributed by atoms with Crippen LogP contribution >= 0.6 is 0 Å². The molecule has 0 unspecified atom stereocenters. The number of H-pyrrole nitrogens is 1. The normalized spacial score (nSPS) is 17.7. The minimum absolute atomic E-state index is 0.0558. The van der Waals surface area contributed by atoms with Gasteiger partial charge in [0.25, 0.3) is 5.56 Å². The van der Waals surface area contributed by atoms with Gasteiger partial charge in [0.2, 0.25) is 0 Å². The van der Waals surface area contributed by atoms with Gasteiger partial charge in [-0.2, -0.15) is 0 Å². The van der Waals surface area contributed by atoms with Gasteiger partial charge in [0, 0.05) is 36.8 Å². The molecule has 0 aliphatic carbocycles. The lowest BCUT2D eigenvalue weighted by Gasteiger charge is -2.32. The van der Waals surface area contributed by atoms with Crippen LogP contribution in [0.25, 0.3) is 11.3 Å². The van der Waals surface area contributed by atoms with Crippen LogP contribution < -0.4 is 5.56 Å². The number of aryl methyl sites for hydroxylation is 1. The molecule has 1 N–H and O–H groups in total. The van der Waals surface area contributed by atoms with E-state index < -0.39 is 0 Å². The largest absolute Gasteiger partial charge is 0.311 e. The molecule has 0 amide bonds. The fraction of sp³-hybridized carbons (Fsp3) is 0.318. The lowest BCUT2D eigenvalue weighted by Crippen LogP contribution is -2.34. The van der Waals surface area contributed by atoms with Gasteiger partial charge < -0.3 is 4.98 Å². The fourth-order valence-electron chi connectivity index (χ4n) is 3.82. The van der Waals surface area contributed by atoms with Crippen molar-refractivity contribution in [2.45, 2.75) is 32.2 Å². The lowest BCUT2D eigenvalue weighted by atomic mass is 9.94. The van der Waals surface area contributed by atoms with Crippen molar-refractivity contribution in [2.24, 2.45) is 0 Å². The molecule has 1 fully saturated rings. The Morgan fingerprint density at radius 1 is 1.19 bits per heavy atom. The van der Waals surface area contributed by atoms with Crippen molar-refractivity contribution in [3.05, 3.63) is 82.2 Å². The summed E-state index contributed by atoms with van der Waals surface area (Å²) in [6, 6.07) is 16.3. The number of nitrogens with one attached hydrogen (secondary N) is 1. The predicted octanol–water partition coefficient (Wildman–Crippen LogP) is 3.52. The molecule has 4 rings (SSSR count). The number of benzene rings is 1. The third-order valence-corrected chi connectivity index (χ3v) is 5.12. The number of aromatic nitrogens is 3. The Morgan fingerprint density at radius 2 is 2.04 bits per heavy atom. The van der Waals surface area contributed by atoms with Crippen LogP contribution in [-0.4, -0.2) is 32.9 Å². The van der Waals surface area contributed by atoms with Gasteiger partial charge in [0.05, 0.1) is 11.4 Å². The number of likely N-dealkylation sites (tertiary alicyclic amines) is 1. The molecule has 5 heteroatoms. The quantitative estimate of drug-likeness (QED) is 0.773. The number of hydrogen-bond acceptors (Lipinski definition) is 4. The molecule has 5 nitrogen and oxygen atoms in total. The molecular formula is C22H24N4O. The maximum atomic E-state index is 11.8. The van der Waals surface area contributed by atoms with E-state index in [4.69, 9.17) is 0 Å². The Kier molecular flexibility index (Phi) is 5.12. The Hall–Kier alpha value is -2.79. The zero-order valence-electron chi connectivity index (χ0n) is 15.6. The van der Waals surface area contributed by atoms with E-state index in [-0.39, 0.29) is 5.56 Å². The van der Waals surface area contributed by atoms with Gasteiger partial charge in [0.15, 0.2) is 0 Å². The third kappa shape index (κ3) is 4.31. The summed E-state index contributed by atoms with van der Waals surface area (Å²) in [4.78, 5) is 25.9. The average molecular weight is 360 g/mol. The highest BCUT2D eigenvalue weighted by Gasteiger charge is 2.23. The average Bonchev–Trinajstić information content (AvgIpc) is 2.69. The van der Waals surface area contributed by atoms with Crippen LogP contribution in [0.3, 0.4) is 0 Å². The number of rotatable bonds is 4. The van der Waals surface area contributed by atoms with Crippen LogP contribution in [0.1, 0.15) is 35.8 Å². The van der Waals surface area contributed by atoms with Gasteiger partial charge in [-0.15, -0.1) is 0 Å². The first-order valence-corrected chi connectivity index (χ1v) is 9.48. The Balaban J connectivity index is 1.44. The van der Waals surface area contributed by atoms with Crippen LogP contribution in [-0.2, 0) is 6.54 Å². The van der Waals surface area contributed by atoms with Crippen molar-refractivity contribution >= 4 is 0 Å². The highest BCUT2D eigenvalue weighted by Crippen LogP contribution is 2.26. The Morgan fingerprint density at radius 3 is 2.78 bits per heavy atom. The van der Waals surface area contributed by atoms with Crippen molar-refractivity contribution in [3.63, 3.8) is 0 Å². The summed E-state index contributed by atoms with van der Waals surface area (Å²) in [5, 5.41) is 0. The third-order valence-electron chi connectivity index (χ3n) is 5.12. The first-order valence-electron chi connectivity index (χ1n) is 9.48. The second-order valence-electron chi connectivity index (χ2n) is 7.24. The van der Waals surface area contributed by atoms with Crippen LogP contribution in [0.2, 0.25) is 0 Å². The second-order valence-corrected chi connectivity index (χ2v) is 7.24. The summed E-state index contributed by atoms with van der Waals surface area (Å²) in [5.41, 5.74) is 4.30. The van der Waals surface area contributed by atoms with E-state index in [0.29, 0.717) is 11.7 Å². The molecule has 1 atom stereocenters. The molecule has 1 saturated heterocycles. The predicted molar refractivity (Wildman–Crippen MR) is 107 cm³/mol. The second kappa shape index (κ2) is 7.84. The van der Waals surface area contributed by atoms with Crippen LogP contribution in [0, 0.1) is 6.92 Å². The van der Waals surface area contributed by atoms with E-state index in [0.717, 1.165) is 49.4 Å². The number of aromatic amines is 1. The zero-order valence-corrected chi connectivity index (χ0v) is 15.6.